The van der Waals surface area contributed by atoms with Crippen molar-refractivity contribution >= 4 is 17.4 Å². The quantitative estimate of drug-likeness (QED) is 0.686. The summed E-state index contributed by atoms with van der Waals surface area (Å²) in [6, 6.07) is 1.79. The molecule has 82 valence electrons. The monoisotopic (exact) mass is 227 g/mol. The third kappa shape index (κ3) is 2.21. The number of rotatable bonds is 1. The highest BCUT2D eigenvalue weighted by atomic mass is 35.5. The number of ether oxygens (including phenoxy) is 1. The van der Waals surface area contributed by atoms with Crippen molar-refractivity contribution in [2.45, 2.75) is 19.4 Å². The summed E-state index contributed by atoms with van der Waals surface area (Å²) in [5.41, 5.74) is -0.0457. The molecule has 5 heteroatoms. The molecule has 0 N–H and O–H groups in total. The Balaban J connectivity index is 2.29. The first-order valence-corrected chi connectivity index (χ1v) is 5.30. The summed E-state index contributed by atoms with van der Waals surface area (Å²) in [5.74, 6) is 0.864. The van der Waals surface area contributed by atoms with Gasteiger partial charge in [0.15, 0.2) is 0 Å². The highest BCUT2D eigenvalue weighted by molar-refractivity contribution is 6.29. The number of hydrogen-bond donors (Lipinski definition) is 0. The van der Waals surface area contributed by atoms with Crippen LogP contribution in [0, 0.1) is 0 Å². The molecule has 0 aromatic carbocycles. The molecule has 1 saturated heterocycles. The third-order valence-corrected chi connectivity index (χ3v) is 2.75. The van der Waals surface area contributed by atoms with Gasteiger partial charge in [0.1, 0.15) is 17.3 Å². The highest BCUT2D eigenvalue weighted by Gasteiger charge is 2.31. The van der Waals surface area contributed by atoms with Crippen LogP contribution in [0.1, 0.15) is 13.8 Å². The van der Waals surface area contributed by atoms with Crippen LogP contribution in [-0.2, 0) is 4.74 Å². The van der Waals surface area contributed by atoms with Gasteiger partial charge in [-0.05, 0) is 13.8 Å². The minimum Gasteiger partial charge on any atom is -0.377 e. The maximum Gasteiger partial charge on any atom is 0.134 e. The molecule has 0 spiro atoms. The van der Waals surface area contributed by atoms with Gasteiger partial charge in [-0.3, -0.25) is 0 Å². The largest absolute Gasteiger partial charge is 0.377 e. The van der Waals surface area contributed by atoms with E-state index in [-0.39, 0.29) is 5.54 Å². The third-order valence-electron chi connectivity index (χ3n) is 2.54. The summed E-state index contributed by atoms with van der Waals surface area (Å²) in [6.07, 6.45) is 1.49. The maximum atomic E-state index is 5.85. The van der Waals surface area contributed by atoms with Crippen LogP contribution in [0.15, 0.2) is 12.4 Å². The van der Waals surface area contributed by atoms with E-state index in [0.29, 0.717) is 11.8 Å². The molecule has 0 unspecified atom stereocenters. The fourth-order valence-corrected chi connectivity index (χ4v) is 1.90. The second kappa shape index (κ2) is 3.94. The minimum atomic E-state index is -0.0457. The van der Waals surface area contributed by atoms with Gasteiger partial charge in [-0.2, -0.15) is 0 Å². The molecule has 0 radical (unpaired) electrons. The summed E-state index contributed by atoms with van der Waals surface area (Å²) in [6.45, 7) is 6.52. The molecule has 1 aliphatic heterocycles. The number of morpholine rings is 1. The van der Waals surface area contributed by atoms with Gasteiger partial charge < -0.3 is 9.64 Å². The average molecular weight is 228 g/mol. The normalized spacial score (nSPS) is 20.3. The maximum absolute atomic E-state index is 5.85. The van der Waals surface area contributed by atoms with Crippen molar-refractivity contribution in [1.29, 1.82) is 0 Å². The van der Waals surface area contributed by atoms with Crippen LogP contribution < -0.4 is 4.90 Å². The van der Waals surface area contributed by atoms with E-state index in [1.54, 1.807) is 6.07 Å². The van der Waals surface area contributed by atoms with Gasteiger partial charge >= 0.3 is 0 Å². The summed E-state index contributed by atoms with van der Waals surface area (Å²) in [7, 11) is 0. The molecule has 4 nitrogen and oxygen atoms in total. The van der Waals surface area contributed by atoms with Crippen LogP contribution in [0.4, 0.5) is 5.82 Å². The van der Waals surface area contributed by atoms with Crippen LogP contribution in [0.5, 0.6) is 0 Å². The SMILES string of the molecule is CC1(C)COCCN1c1cc(Cl)ncn1. The Kier molecular flexibility index (Phi) is 2.80. The van der Waals surface area contributed by atoms with Crippen LogP contribution in [-0.4, -0.2) is 35.3 Å². The van der Waals surface area contributed by atoms with Crippen molar-refractivity contribution in [2.75, 3.05) is 24.7 Å². The van der Waals surface area contributed by atoms with Gasteiger partial charge in [-0.1, -0.05) is 11.6 Å². The van der Waals surface area contributed by atoms with Gasteiger partial charge in [0.25, 0.3) is 0 Å². The number of halogens is 1. The van der Waals surface area contributed by atoms with Crippen LogP contribution in [0.25, 0.3) is 0 Å². The van der Waals surface area contributed by atoms with E-state index in [1.165, 1.54) is 6.33 Å². The number of aromatic nitrogens is 2. The molecule has 0 amide bonds. The van der Waals surface area contributed by atoms with Crippen molar-refractivity contribution in [3.05, 3.63) is 17.5 Å². The van der Waals surface area contributed by atoms with E-state index < -0.39 is 0 Å². The van der Waals surface area contributed by atoms with E-state index in [4.69, 9.17) is 16.3 Å². The minimum absolute atomic E-state index is 0.0457. The van der Waals surface area contributed by atoms with E-state index in [9.17, 15) is 0 Å². The topological polar surface area (TPSA) is 38.2 Å². The first-order chi connectivity index (χ1) is 7.09. The van der Waals surface area contributed by atoms with E-state index >= 15 is 0 Å². The standard InChI is InChI=1S/C10H14ClN3O/c1-10(2)6-15-4-3-14(10)9-5-8(11)12-7-13-9/h5,7H,3-4,6H2,1-2H3. The Morgan fingerprint density at radius 1 is 1.47 bits per heavy atom. The zero-order valence-electron chi connectivity index (χ0n) is 8.90. The van der Waals surface area contributed by atoms with Gasteiger partial charge in [-0.25, -0.2) is 9.97 Å². The molecule has 2 heterocycles. The highest BCUT2D eigenvalue weighted by Crippen LogP contribution is 2.25. The van der Waals surface area contributed by atoms with Crippen molar-refractivity contribution in [3.8, 4) is 0 Å². The Labute approximate surface area is 94.2 Å². The molecule has 1 aliphatic rings. The van der Waals surface area contributed by atoms with E-state index in [0.717, 1.165) is 19.0 Å². The Morgan fingerprint density at radius 2 is 2.27 bits per heavy atom. The summed E-state index contributed by atoms with van der Waals surface area (Å²) in [4.78, 5) is 10.3. The lowest BCUT2D eigenvalue weighted by Crippen LogP contribution is -2.53. The van der Waals surface area contributed by atoms with Gasteiger partial charge in [0.2, 0.25) is 0 Å². The molecule has 2 rings (SSSR count). The summed E-state index contributed by atoms with van der Waals surface area (Å²) < 4.78 is 5.45. The van der Waals surface area contributed by atoms with Crippen molar-refractivity contribution in [1.82, 2.24) is 9.97 Å². The molecule has 1 aromatic heterocycles. The van der Waals surface area contributed by atoms with E-state index in [1.807, 2.05) is 0 Å². The van der Waals surface area contributed by atoms with Gasteiger partial charge in [-0.15, -0.1) is 0 Å². The number of hydrogen-bond acceptors (Lipinski definition) is 4. The van der Waals surface area contributed by atoms with Crippen molar-refractivity contribution in [2.24, 2.45) is 0 Å². The second-order valence-electron chi connectivity index (χ2n) is 4.22. The smallest absolute Gasteiger partial charge is 0.134 e. The lowest BCUT2D eigenvalue weighted by atomic mass is 10.0. The molecule has 0 bridgehead atoms. The van der Waals surface area contributed by atoms with Crippen LogP contribution >= 0.6 is 11.6 Å². The fraction of sp³-hybridized carbons (Fsp3) is 0.600. The fourth-order valence-electron chi connectivity index (χ4n) is 1.75. The molecule has 0 aliphatic carbocycles. The summed E-state index contributed by atoms with van der Waals surface area (Å²) in [5, 5.41) is 0.474. The zero-order valence-corrected chi connectivity index (χ0v) is 9.66. The molecule has 15 heavy (non-hydrogen) atoms. The van der Waals surface area contributed by atoms with Gasteiger partial charge in [0, 0.05) is 12.6 Å². The molecular weight excluding hydrogens is 214 g/mol. The van der Waals surface area contributed by atoms with Crippen LogP contribution in [0.3, 0.4) is 0 Å². The second-order valence-corrected chi connectivity index (χ2v) is 4.60. The average Bonchev–Trinajstić information content (AvgIpc) is 2.17. The number of anilines is 1. The van der Waals surface area contributed by atoms with E-state index in [2.05, 4.69) is 28.7 Å². The summed E-state index contributed by atoms with van der Waals surface area (Å²) >= 11 is 5.85. The lowest BCUT2D eigenvalue weighted by Gasteiger charge is -2.42. The number of nitrogens with zero attached hydrogens (tertiary/aromatic N) is 3. The molecule has 0 atom stereocenters. The zero-order chi connectivity index (χ0) is 10.9. The first kappa shape index (κ1) is 10.6. The Morgan fingerprint density at radius 3 is 2.93 bits per heavy atom. The van der Waals surface area contributed by atoms with Crippen molar-refractivity contribution < 1.29 is 4.74 Å². The predicted molar refractivity (Wildman–Crippen MR) is 59.3 cm³/mol. The molecular formula is C10H14ClN3O. The molecule has 1 fully saturated rings. The van der Waals surface area contributed by atoms with Gasteiger partial charge in [0.05, 0.1) is 18.8 Å². The first-order valence-electron chi connectivity index (χ1n) is 4.92. The van der Waals surface area contributed by atoms with Crippen molar-refractivity contribution in [3.63, 3.8) is 0 Å². The Bertz CT molecular complexity index is 356. The predicted octanol–water partition coefficient (Wildman–Crippen LogP) is 1.75. The Hall–Kier alpha value is -0.870. The van der Waals surface area contributed by atoms with Crippen LogP contribution in [0.2, 0.25) is 5.15 Å². The molecule has 1 aromatic rings. The lowest BCUT2D eigenvalue weighted by molar-refractivity contribution is 0.0639. The molecule has 0 saturated carbocycles.